The van der Waals surface area contributed by atoms with E-state index in [9.17, 15) is 0 Å². The van der Waals surface area contributed by atoms with Crippen molar-refractivity contribution < 1.29 is 0 Å². The van der Waals surface area contributed by atoms with E-state index in [4.69, 9.17) is 5.73 Å². The highest BCUT2D eigenvalue weighted by molar-refractivity contribution is 4.77. The third-order valence-electron chi connectivity index (χ3n) is 3.90. The molecule has 1 fully saturated rings. The minimum absolute atomic E-state index is 0.486. The van der Waals surface area contributed by atoms with Gasteiger partial charge < -0.3 is 10.6 Å². The molecule has 0 saturated heterocycles. The van der Waals surface area contributed by atoms with Crippen molar-refractivity contribution in [3.8, 4) is 0 Å². The van der Waals surface area contributed by atoms with E-state index in [-0.39, 0.29) is 0 Å². The Hall–Kier alpha value is -0.0800. The van der Waals surface area contributed by atoms with E-state index in [1.54, 1.807) is 0 Å². The topological polar surface area (TPSA) is 29.3 Å². The first-order chi connectivity index (χ1) is 7.13. The highest BCUT2D eigenvalue weighted by Gasteiger charge is 2.20. The summed E-state index contributed by atoms with van der Waals surface area (Å²) in [4.78, 5) is 2.53. The predicted molar refractivity (Wildman–Crippen MR) is 66.9 cm³/mol. The molecule has 0 aromatic heterocycles. The van der Waals surface area contributed by atoms with Crippen LogP contribution in [0.2, 0.25) is 0 Å². The molecule has 2 heteroatoms. The van der Waals surface area contributed by atoms with E-state index >= 15 is 0 Å². The van der Waals surface area contributed by atoms with Crippen LogP contribution in [0.5, 0.6) is 0 Å². The van der Waals surface area contributed by atoms with E-state index in [0.717, 1.165) is 12.0 Å². The van der Waals surface area contributed by atoms with Gasteiger partial charge in [-0.2, -0.15) is 0 Å². The quantitative estimate of drug-likeness (QED) is 0.759. The van der Waals surface area contributed by atoms with Crippen LogP contribution in [0, 0.1) is 5.92 Å². The molecule has 0 aliphatic heterocycles. The Bertz CT molecular complexity index is 162. The number of nitrogens with zero attached hydrogens (tertiary/aromatic N) is 1. The van der Waals surface area contributed by atoms with Crippen molar-refractivity contribution in [3.05, 3.63) is 0 Å². The zero-order valence-corrected chi connectivity index (χ0v) is 10.7. The monoisotopic (exact) mass is 212 g/mol. The van der Waals surface area contributed by atoms with Gasteiger partial charge in [-0.15, -0.1) is 0 Å². The lowest BCUT2D eigenvalue weighted by molar-refractivity contribution is 0.179. The molecule has 0 spiro atoms. The minimum atomic E-state index is 0.486. The first-order valence-corrected chi connectivity index (χ1v) is 6.59. The third-order valence-corrected chi connectivity index (χ3v) is 3.90. The van der Waals surface area contributed by atoms with Crippen molar-refractivity contribution in [2.75, 3.05) is 13.6 Å². The Morgan fingerprint density at radius 1 is 1.27 bits per heavy atom. The number of hydrogen-bond acceptors (Lipinski definition) is 2. The second-order valence-electron chi connectivity index (χ2n) is 5.36. The molecular weight excluding hydrogens is 184 g/mol. The van der Waals surface area contributed by atoms with Crippen molar-refractivity contribution >= 4 is 0 Å². The molecule has 1 aliphatic rings. The molecule has 0 bridgehead atoms. The zero-order valence-electron chi connectivity index (χ0n) is 10.7. The Morgan fingerprint density at radius 3 is 2.40 bits per heavy atom. The Labute approximate surface area is 95.2 Å². The van der Waals surface area contributed by atoms with Gasteiger partial charge in [0.1, 0.15) is 0 Å². The molecule has 15 heavy (non-hydrogen) atoms. The predicted octanol–water partition coefficient (Wildman–Crippen LogP) is 2.62. The second kappa shape index (κ2) is 6.49. The van der Waals surface area contributed by atoms with Crippen molar-refractivity contribution in [2.24, 2.45) is 11.7 Å². The van der Waals surface area contributed by atoms with E-state index in [2.05, 4.69) is 25.8 Å². The smallest absolute Gasteiger partial charge is 0.00638 e. The van der Waals surface area contributed by atoms with Crippen LogP contribution in [0.25, 0.3) is 0 Å². The summed E-state index contributed by atoms with van der Waals surface area (Å²) in [7, 11) is 2.27. The summed E-state index contributed by atoms with van der Waals surface area (Å²) < 4.78 is 0. The van der Waals surface area contributed by atoms with Crippen LogP contribution in [0.3, 0.4) is 0 Å². The maximum Gasteiger partial charge on any atom is 0.00638 e. The van der Waals surface area contributed by atoms with Gasteiger partial charge in [0.05, 0.1) is 0 Å². The maximum absolute atomic E-state index is 5.92. The summed E-state index contributed by atoms with van der Waals surface area (Å²) in [6, 6.07) is 1.23. The number of hydrogen-bond donors (Lipinski definition) is 1. The molecule has 1 aliphatic carbocycles. The minimum Gasteiger partial charge on any atom is -0.328 e. The van der Waals surface area contributed by atoms with Crippen molar-refractivity contribution in [3.63, 3.8) is 0 Å². The summed E-state index contributed by atoms with van der Waals surface area (Å²) in [6.07, 6.45) is 7.76. The molecule has 90 valence electrons. The molecule has 1 saturated carbocycles. The van der Waals surface area contributed by atoms with Gasteiger partial charge in [0, 0.05) is 18.6 Å². The average molecular weight is 212 g/mol. The maximum atomic E-state index is 5.92. The number of rotatable bonds is 5. The SMILES string of the molecule is CCCC(C)N(C)CC1CCC(N)CC1. The van der Waals surface area contributed by atoms with Crippen LogP contribution < -0.4 is 5.73 Å². The van der Waals surface area contributed by atoms with Crippen molar-refractivity contribution in [1.29, 1.82) is 0 Å². The van der Waals surface area contributed by atoms with Gasteiger partial charge >= 0.3 is 0 Å². The fraction of sp³-hybridized carbons (Fsp3) is 1.00. The highest BCUT2D eigenvalue weighted by Crippen LogP contribution is 2.24. The van der Waals surface area contributed by atoms with Crippen LogP contribution in [-0.4, -0.2) is 30.6 Å². The lowest BCUT2D eigenvalue weighted by Gasteiger charge is -2.32. The van der Waals surface area contributed by atoms with Crippen LogP contribution in [0.15, 0.2) is 0 Å². The largest absolute Gasteiger partial charge is 0.328 e. The summed E-state index contributed by atoms with van der Waals surface area (Å²) in [5, 5.41) is 0. The lowest BCUT2D eigenvalue weighted by atomic mass is 9.86. The molecule has 0 amide bonds. The summed E-state index contributed by atoms with van der Waals surface area (Å²) in [6.45, 7) is 5.88. The van der Waals surface area contributed by atoms with E-state index in [0.29, 0.717) is 6.04 Å². The molecule has 0 heterocycles. The molecule has 1 unspecified atom stereocenters. The summed E-state index contributed by atoms with van der Waals surface area (Å²) >= 11 is 0. The normalized spacial score (nSPS) is 29.4. The van der Waals surface area contributed by atoms with Gasteiger partial charge in [-0.3, -0.25) is 0 Å². The van der Waals surface area contributed by atoms with Gasteiger partial charge in [0.15, 0.2) is 0 Å². The first kappa shape index (κ1) is 13.0. The molecule has 1 rings (SSSR count). The van der Waals surface area contributed by atoms with Gasteiger partial charge in [-0.25, -0.2) is 0 Å². The average Bonchev–Trinajstić information content (AvgIpc) is 2.22. The molecule has 0 radical (unpaired) electrons. The molecule has 0 aromatic rings. The molecule has 0 aromatic carbocycles. The summed E-state index contributed by atoms with van der Waals surface area (Å²) in [5.74, 6) is 0.897. The molecule has 2 N–H and O–H groups in total. The van der Waals surface area contributed by atoms with Gasteiger partial charge in [-0.1, -0.05) is 13.3 Å². The van der Waals surface area contributed by atoms with Crippen LogP contribution >= 0.6 is 0 Å². The van der Waals surface area contributed by atoms with Crippen molar-refractivity contribution in [2.45, 2.75) is 64.5 Å². The van der Waals surface area contributed by atoms with E-state index < -0.39 is 0 Å². The van der Waals surface area contributed by atoms with E-state index in [1.165, 1.54) is 45.1 Å². The third kappa shape index (κ3) is 4.52. The standard InChI is InChI=1S/C13H28N2/c1-4-5-11(2)15(3)10-12-6-8-13(14)9-7-12/h11-13H,4-10,14H2,1-3H3. The molecule has 2 nitrogen and oxygen atoms in total. The molecular formula is C13H28N2. The summed E-state index contributed by atoms with van der Waals surface area (Å²) in [5.41, 5.74) is 5.92. The van der Waals surface area contributed by atoms with Gasteiger partial charge in [-0.05, 0) is 52.0 Å². The van der Waals surface area contributed by atoms with Crippen LogP contribution in [0.4, 0.5) is 0 Å². The fourth-order valence-corrected chi connectivity index (χ4v) is 2.60. The second-order valence-corrected chi connectivity index (χ2v) is 5.36. The van der Waals surface area contributed by atoms with Crippen molar-refractivity contribution in [1.82, 2.24) is 4.90 Å². The van der Waals surface area contributed by atoms with Gasteiger partial charge in [0.2, 0.25) is 0 Å². The zero-order chi connectivity index (χ0) is 11.3. The Balaban J connectivity index is 2.22. The fourth-order valence-electron chi connectivity index (χ4n) is 2.60. The Kier molecular flexibility index (Phi) is 5.62. The number of nitrogens with two attached hydrogens (primary N) is 1. The first-order valence-electron chi connectivity index (χ1n) is 6.59. The van der Waals surface area contributed by atoms with E-state index in [1.807, 2.05) is 0 Å². The van der Waals surface area contributed by atoms with Gasteiger partial charge in [0.25, 0.3) is 0 Å². The highest BCUT2D eigenvalue weighted by atomic mass is 15.1. The Morgan fingerprint density at radius 2 is 1.87 bits per heavy atom. The lowest BCUT2D eigenvalue weighted by Crippen LogP contribution is -2.36. The molecule has 1 atom stereocenters. The van der Waals surface area contributed by atoms with Crippen LogP contribution in [0.1, 0.15) is 52.4 Å². The van der Waals surface area contributed by atoms with Crippen LogP contribution in [-0.2, 0) is 0 Å².